The molecule has 1 saturated heterocycles. The van der Waals surface area contributed by atoms with Gasteiger partial charge in [0.1, 0.15) is 5.82 Å². The van der Waals surface area contributed by atoms with Crippen molar-refractivity contribution >= 4 is 5.91 Å². The number of carbonyl (C=O) groups is 1. The van der Waals surface area contributed by atoms with Crippen molar-refractivity contribution in [3.05, 3.63) is 35.6 Å². The summed E-state index contributed by atoms with van der Waals surface area (Å²) in [5.74, 6) is 0.502. The maximum Gasteiger partial charge on any atom is 0.220 e. The number of nitrogens with one attached hydrogen (secondary N) is 2. The predicted molar refractivity (Wildman–Crippen MR) is 77.8 cm³/mol. The van der Waals surface area contributed by atoms with Gasteiger partial charge in [-0.05, 0) is 62.9 Å². The number of hydrogen-bond donors (Lipinski definition) is 2. The van der Waals surface area contributed by atoms with Crippen LogP contribution >= 0.6 is 0 Å². The van der Waals surface area contributed by atoms with E-state index in [-0.39, 0.29) is 17.8 Å². The van der Waals surface area contributed by atoms with Gasteiger partial charge in [-0.3, -0.25) is 4.79 Å². The van der Waals surface area contributed by atoms with Crippen LogP contribution in [0.5, 0.6) is 0 Å². The fourth-order valence-electron chi connectivity index (χ4n) is 2.65. The minimum atomic E-state index is -0.252. The Hall–Kier alpha value is -1.42. The van der Waals surface area contributed by atoms with Crippen LogP contribution in [0.3, 0.4) is 0 Å². The monoisotopic (exact) mass is 278 g/mol. The molecule has 2 rings (SSSR count). The molecule has 2 N–H and O–H groups in total. The molecule has 1 aliphatic rings. The first-order valence-corrected chi connectivity index (χ1v) is 7.40. The molecular weight excluding hydrogens is 255 g/mol. The largest absolute Gasteiger partial charge is 0.350 e. The molecule has 110 valence electrons. The van der Waals surface area contributed by atoms with Crippen molar-refractivity contribution in [1.82, 2.24) is 10.6 Å². The number of hydrogen-bond acceptors (Lipinski definition) is 2. The Morgan fingerprint density at radius 2 is 2.00 bits per heavy atom. The summed E-state index contributed by atoms with van der Waals surface area (Å²) >= 11 is 0. The lowest BCUT2D eigenvalue weighted by molar-refractivity contribution is -0.122. The molecule has 1 fully saturated rings. The summed E-state index contributed by atoms with van der Waals surface area (Å²) in [7, 11) is 0. The minimum absolute atomic E-state index is 0.0730. The normalized spacial score (nSPS) is 17.7. The van der Waals surface area contributed by atoms with Crippen molar-refractivity contribution in [2.24, 2.45) is 5.92 Å². The Morgan fingerprint density at radius 3 is 2.65 bits per heavy atom. The van der Waals surface area contributed by atoms with Crippen LogP contribution in [0.4, 0.5) is 4.39 Å². The molecule has 1 heterocycles. The van der Waals surface area contributed by atoms with Crippen molar-refractivity contribution in [1.29, 1.82) is 0 Å². The van der Waals surface area contributed by atoms with E-state index in [2.05, 4.69) is 10.6 Å². The number of halogens is 1. The summed E-state index contributed by atoms with van der Waals surface area (Å²) in [6, 6.07) is 6.20. The molecule has 20 heavy (non-hydrogen) atoms. The van der Waals surface area contributed by atoms with Gasteiger partial charge in [-0.15, -0.1) is 0 Å². The summed E-state index contributed by atoms with van der Waals surface area (Å²) in [5.41, 5.74) is 0.932. The van der Waals surface area contributed by atoms with Crippen molar-refractivity contribution in [2.75, 3.05) is 13.1 Å². The van der Waals surface area contributed by atoms with Gasteiger partial charge < -0.3 is 10.6 Å². The highest BCUT2D eigenvalue weighted by atomic mass is 19.1. The molecule has 1 amide bonds. The fourth-order valence-corrected chi connectivity index (χ4v) is 2.65. The third kappa shape index (κ3) is 4.60. The van der Waals surface area contributed by atoms with Crippen molar-refractivity contribution in [3.8, 4) is 0 Å². The Labute approximate surface area is 120 Å². The van der Waals surface area contributed by atoms with E-state index in [9.17, 15) is 9.18 Å². The van der Waals surface area contributed by atoms with Crippen molar-refractivity contribution in [2.45, 2.75) is 38.6 Å². The van der Waals surface area contributed by atoms with Crippen LogP contribution in [0.25, 0.3) is 0 Å². The maximum atomic E-state index is 12.8. The fraction of sp³-hybridized carbons (Fsp3) is 0.562. The summed E-state index contributed by atoms with van der Waals surface area (Å²) in [6.07, 6.45) is 3.88. The molecule has 0 bridgehead atoms. The highest BCUT2D eigenvalue weighted by molar-refractivity contribution is 5.76. The number of carbonyl (C=O) groups excluding carboxylic acids is 1. The van der Waals surface area contributed by atoms with Crippen LogP contribution in [0.1, 0.15) is 44.2 Å². The summed E-state index contributed by atoms with van der Waals surface area (Å²) in [5, 5.41) is 6.31. The lowest BCUT2D eigenvalue weighted by atomic mass is 9.93. The van der Waals surface area contributed by atoms with Crippen LogP contribution in [-0.4, -0.2) is 19.0 Å². The Morgan fingerprint density at radius 1 is 1.35 bits per heavy atom. The summed E-state index contributed by atoms with van der Waals surface area (Å²) < 4.78 is 12.8. The van der Waals surface area contributed by atoms with E-state index >= 15 is 0 Å². The van der Waals surface area contributed by atoms with Crippen LogP contribution in [-0.2, 0) is 4.79 Å². The zero-order valence-electron chi connectivity index (χ0n) is 12.0. The van der Waals surface area contributed by atoms with Crippen molar-refractivity contribution < 1.29 is 9.18 Å². The van der Waals surface area contributed by atoms with Gasteiger partial charge in [0.25, 0.3) is 0 Å². The molecule has 0 aliphatic carbocycles. The van der Waals surface area contributed by atoms with E-state index in [1.54, 1.807) is 12.1 Å². The smallest absolute Gasteiger partial charge is 0.220 e. The second kappa shape index (κ2) is 7.39. The number of rotatable bonds is 5. The Bertz CT molecular complexity index is 427. The van der Waals surface area contributed by atoms with Crippen LogP contribution in [0, 0.1) is 11.7 Å². The number of benzene rings is 1. The molecule has 0 saturated carbocycles. The zero-order chi connectivity index (χ0) is 14.4. The first-order valence-electron chi connectivity index (χ1n) is 7.40. The number of piperidine rings is 1. The zero-order valence-corrected chi connectivity index (χ0v) is 12.0. The van der Waals surface area contributed by atoms with Gasteiger partial charge in [0.15, 0.2) is 0 Å². The van der Waals surface area contributed by atoms with Gasteiger partial charge in [-0.1, -0.05) is 12.1 Å². The lowest BCUT2D eigenvalue weighted by Crippen LogP contribution is -2.30. The summed E-state index contributed by atoms with van der Waals surface area (Å²) in [4.78, 5) is 11.9. The first kappa shape index (κ1) is 15.0. The Kier molecular flexibility index (Phi) is 5.53. The van der Waals surface area contributed by atoms with E-state index in [4.69, 9.17) is 0 Å². The quantitative estimate of drug-likeness (QED) is 0.869. The molecule has 4 heteroatoms. The Balaban J connectivity index is 1.74. The van der Waals surface area contributed by atoms with Gasteiger partial charge in [-0.2, -0.15) is 0 Å². The average Bonchev–Trinajstić information content (AvgIpc) is 2.47. The van der Waals surface area contributed by atoms with Crippen molar-refractivity contribution in [3.63, 3.8) is 0 Å². The van der Waals surface area contributed by atoms with Gasteiger partial charge >= 0.3 is 0 Å². The second-order valence-corrected chi connectivity index (χ2v) is 5.57. The molecular formula is C16H23FN2O. The maximum absolute atomic E-state index is 12.8. The van der Waals surface area contributed by atoms with Crippen LogP contribution in [0.2, 0.25) is 0 Å². The summed E-state index contributed by atoms with van der Waals surface area (Å²) in [6.45, 7) is 4.06. The van der Waals surface area contributed by atoms with E-state index in [1.165, 1.54) is 25.0 Å². The van der Waals surface area contributed by atoms with E-state index in [0.717, 1.165) is 25.1 Å². The molecule has 0 aromatic heterocycles. The standard InChI is InChI=1S/C16H23FN2O/c1-12(14-3-5-15(17)6-4-14)19-16(20)7-2-13-8-10-18-11-9-13/h3-6,12-13,18H,2,7-11H2,1H3,(H,19,20)/t12-/m1/s1. The average molecular weight is 278 g/mol. The minimum Gasteiger partial charge on any atom is -0.350 e. The lowest BCUT2D eigenvalue weighted by Gasteiger charge is -2.22. The van der Waals surface area contributed by atoms with Gasteiger partial charge in [0.05, 0.1) is 6.04 Å². The van der Waals surface area contributed by atoms with Crippen LogP contribution < -0.4 is 10.6 Å². The molecule has 1 aromatic rings. The number of amides is 1. The third-order valence-corrected chi connectivity index (χ3v) is 3.99. The van der Waals surface area contributed by atoms with Gasteiger partial charge in [0, 0.05) is 6.42 Å². The van der Waals surface area contributed by atoms with E-state index in [1.807, 2.05) is 6.92 Å². The first-order chi connectivity index (χ1) is 9.65. The van der Waals surface area contributed by atoms with Gasteiger partial charge in [0.2, 0.25) is 5.91 Å². The van der Waals surface area contributed by atoms with E-state index in [0.29, 0.717) is 12.3 Å². The molecule has 1 aliphatic heterocycles. The molecule has 0 unspecified atom stereocenters. The third-order valence-electron chi connectivity index (χ3n) is 3.99. The highest BCUT2D eigenvalue weighted by Gasteiger charge is 2.15. The SMILES string of the molecule is C[C@@H](NC(=O)CCC1CCNCC1)c1ccc(F)cc1. The highest BCUT2D eigenvalue weighted by Crippen LogP contribution is 2.18. The predicted octanol–water partition coefficient (Wildman–Crippen LogP) is 2.78. The molecule has 1 aromatic carbocycles. The van der Waals surface area contributed by atoms with Crippen LogP contribution in [0.15, 0.2) is 24.3 Å². The second-order valence-electron chi connectivity index (χ2n) is 5.57. The molecule has 0 spiro atoms. The van der Waals surface area contributed by atoms with Gasteiger partial charge in [-0.25, -0.2) is 4.39 Å². The molecule has 3 nitrogen and oxygen atoms in total. The van der Waals surface area contributed by atoms with E-state index < -0.39 is 0 Å². The molecule has 1 atom stereocenters. The topological polar surface area (TPSA) is 41.1 Å². The molecule has 0 radical (unpaired) electrons.